The van der Waals surface area contributed by atoms with Crippen molar-refractivity contribution in [1.82, 2.24) is 20.1 Å². The molecular weight excluding hydrogens is 269 g/mol. The fourth-order valence-corrected chi connectivity index (χ4v) is 2.07. The Hall–Kier alpha value is -1.11. The summed E-state index contributed by atoms with van der Waals surface area (Å²) in [6.45, 7) is 7.39. The highest BCUT2D eigenvalue weighted by Gasteiger charge is 2.28. The van der Waals surface area contributed by atoms with Crippen molar-refractivity contribution in [1.29, 1.82) is 0 Å². The molecule has 0 aliphatic rings. The summed E-state index contributed by atoms with van der Waals surface area (Å²) in [6, 6.07) is -0.225. The largest absolute Gasteiger partial charge is 0.389 e. The molecule has 1 atom stereocenters. The van der Waals surface area contributed by atoms with E-state index in [1.165, 1.54) is 6.33 Å². The van der Waals surface area contributed by atoms with Crippen LogP contribution in [0.2, 0.25) is 0 Å². The lowest BCUT2D eigenvalue weighted by atomic mass is 10.1. The molecule has 1 heterocycles. The van der Waals surface area contributed by atoms with Crippen LogP contribution in [0.3, 0.4) is 0 Å². The average molecular weight is 292 g/mol. The van der Waals surface area contributed by atoms with Gasteiger partial charge in [-0.3, -0.25) is 0 Å². The van der Waals surface area contributed by atoms with Crippen molar-refractivity contribution in [3.63, 3.8) is 0 Å². The molecule has 0 aromatic carbocycles. The van der Waals surface area contributed by atoms with Gasteiger partial charge in [-0.2, -0.15) is 18.3 Å². The number of hydrogen-bond acceptors (Lipinski definition) is 3. The predicted molar refractivity (Wildman–Crippen MR) is 71.3 cm³/mol. The third kappa shape index (κ3) is 6.36. The lowest BCUT2D eigenvalue weighted by Gasteiger charge is -2.19. The summed E-state index contributed by atoms with van der Waals surface area (Å²) in [5.74, 6) is 1.16. The van der Waals surface area contributed by atoms with Crippen LogP contribution in [0.4, 0.5) is 13.2 Å². The van der Waals surface area contributed by atoms with Gasteiger partial charge < -0.3 is 5.32 Å². The Bertz CT molecular complexity index is 387. The van der Waals surface area contributed by atoms with E-state index in [0.29, 0.717) is 18.9 Å². The van der Waals surface area contributed by atoms with Crippen LogP contribution < -0.4 is 5.32 Å². The quantitative estimate of drug-likeness (QED) is 0.801. The molecule has 0 aliphatic heterocycles. The Balaban J connectivity index is 2.63. The van der Waals surface area contributed by atoms with Gasteiger partial charge in [-0.05, 0) is 18.9 Å². The first-order chi connectivity index (χ1) is 9.31. The number of likely N-dealkylation sites (N-methyl/N-ethyl adjacent to an activating group) is 1. The van der Waals surface area contributed by atoms with Crippen molar-refractivity contribution in [2.75, 3.05) is 6.54 Å². The molecule has 0 fully saturated rings. The van der Waals surface area contributed by atoms with E-state index in [-0.39, 0.29) is 12.5 Å². The van der Waals surface area contributed by atoms with Crippen molar-refractivity contribution in [2.45, 2.75) is 58.8 Å². The summed E-state index contributed by atoms with van der Waals surface area (Å²) in [7, 11) is 0. The van der Waals surface area contributed by atoms with E-state index in [9.17, 15) is 13.2 Å². The van der Waals surface area contributed by atoms with Crippen molar-refractivity contribution < 1.29 is 13.2 Å². The summed E-state index contributed by atoms with van der Waals surface area (Å²) >= 11 is 0. The molecule has 0 radical (unpaired) electrons. The van der Waals surface area contributed by atoms with Crippen LogP contribution in [0, 0.1) is 5.92 Å². The monoisotopic (exact) mass is 292 g/mol. The maximum Gasteiger partial charge on any atom is 0.389 e. The Morgan fingerprint density at radius 1 is 1.35 bits per heavy atom. The molecule has 116 valence electrons. The van der Waals surface area contributed by atoms with Gasteiger partial charge in [0.25, 0.3) is 0 Å². The minimum atomic E-state index is -4.11. The first-order valence-corrected chi connectivity index (χ1v) is 6.98. The summed E-state index contributed by atoms with van der Waals surface area (Å²) in [5, 5.41) is 7.23. The molecule has 1 N–H and O–H groups in total. The first kappa shape index (κ1) is 16.9. The summed E-state index contributed by atoms with van der Waals surface area (Å²) in [4.78, 5) is 4.17. The SMILES string of the molecule is CCNC(CCC(F)(F)F)Cc1ncnn1CC(C)C. The molecule has 0 saturated heterocycles. The van der Waals surface area contributed by atoms with Gasteiger partial charge in [0, 0.05) is 25.4 Å². The Morgan fingerprint density at radius 3 is 2.60 bits per heavy atom. The zero-order valence-electron chi connectivity index (χ0n) is 12.2. The number of alkyl halides is 3. The van der Waals surface area contributed by atoms with Gasteiger partial charge in [-0.25, -0.2) is 9.67 Å². The molecule has 1 unspecified atom stereocenters. The maximum atomic E-state index is 12.3. The molecule has 1 aromatic heterocycles. The van der Waals surface area contributed by atoms with Gasteiger partial charge in [0.1, 0.15) is 12.2 Å². The number of hydrogen-bond donors (Lipinski definition) is 1. The average Bonchev–Trinajstić information content (AvgIpc) is 2.72. The summed E-state index contributed by atoms with van der Waals surface area (Å²) < 4.78 is 38.8. The predicted octanol–water partition coefficient (Wildman–Crippen LogP) is 2.80. The van der Waals surface area contributed by atoms with Crippen molar-refractivity contribution >= 4 is 0 Å². The highest BCUT2D eigenvalue weighted by atomic mass is 19.4. The standard InChI is InChI=1S/C13H23F3N4/c1-4-17-11(5-6-13(14,15)16)7-12-18-9-19-20(12)8-10(2)3/h9-11,17H,4-8H2,1-3H3. The highest BCUT2D eigenvalue weighted by Crippen LogP contribution is 2.23. The van der Waals surface area contributed by atoms with E-state index in [0.717, 1.165) is 12.4 Å². The lowest BCUT2D eigenvalue weighted by Crippen LogP contribution is -2.33. The van der Waals surface area contributed by atoms with Crippen LogP contribution in [-0.4, -0.2) is 33.5 Å². The van der Waals surface area contributed by atoms with E-state index in [1.807, 2.05) is 6.92 Å². The molecule has 1 aromatic rings. The number of nitrogens with one attached hydrogen (secondary N) is 1. The highest BCUT2D eigenvalue weighted by molar-refractivity contribution is 4.90. The van der Waals surface area contributed by atoms with Crippen LogP contribution in [0.5, 0.6) is 0 Å². The summed E-state index contributed by atoms with van der Waals surface area (Å²) in [6.07, 6.45) is -2.89. The van der Waals surface area contributed by atoms with Gasteiger partial charge in [0.2, 0.25) is 0 Å². The van der Waals surface area contributed by atoms with E-state index < -0.39 is 12.6 Å². The van der Waals surface area contributed by atoms with Crippen LogP contribution in [0.15, 0.2) is 6.33 Å². The van der Waals surface area contributed by atoms with Crippen LogP contribution in [0.25, 0.3) is 0 Å². The van der Waals surface area contributed by atoms with Crippen molar-refractivity contribution in [3.8, 4) is 0 Å². The van der Waals surface area contributed by atoms with E-state index >= 15 is 0 Å². The topological polar surface area (TPSA) is 42.7 Å². The third-order valence-electron chi connectivity index (χ3n) is 2.93. The lowest BCUT2D eigenvalue weighted by molar-refractivity contribution is -0.136. The molecule has 0 bridgehead atoms. The molecule has 1 rings (SSSR count). The molecule has 20 heavy (non-hydrogen) atoms. The zero-order chi connectivity index (χ0) is 15.2. The molecule has 7 heteroatoms. The van der Waals surface area contributed by atoms with Gasteiger partial charge >= 0.3 is 6.18 Å². The Morgan fingerprint density at radius 2 is 2.05 bits per heavy atom. The van der Waals surface area contributed by atoms with Gasteiger partial charge in [-0.1, -0.05) is 20.8 Å². The minimum Gasteiger partial charge on any atom is -0.314 e. The Labute approximate surface area is 117 Å². The molecule has 0 spiro atoms. The number of aromatic nitrogens is 3. The van der Waals surface area contributed by atoms with Crippen molar-refractivity contribution in [2.24, 2.45) is 5.92 Å². The molecule has 0 amide bonds. The fraction of sp³-hybridized carbons (Fsp3) is 0.846. The second-order valence-corrected chi connectivity index (χ2v) is 5.36. The third-order valence-corrected chi connectivity index (χ3v) is 2.93. The number of halogens is 3. The van der Waals surface area contributed by atoms with E-state index in [1.54, 1.807) is 4.68 Å². The second-order valence-electron chi connectivity index (χ2n) is 5.36. The van der Waals surface area contributed by atoms with Gasteiger partial charge in [0.05, 0.1) is 0 Å². The summed E-state index contributed by atoms with van der Waals surface area (Å²) in [5.41, 5.74) is 0. The van der Waals surface area contributed by atoms with Gasteiger partial charge in [0.15, 0.2) is 0 Å². The zero-order valence-corrected chi connectivity index (χ0v) is 12.2. The Kier molecular flexibility index (Phi) is 6.45. The molecule has 0 aliphatic carbocycles. The normalized spacial score (nSPS) is 13.9. The second kappa shape index (κ2) is 7.61. The van der Waals surface area contributed by atoms with Crippen LogP contribution >= 0.6 is 0 Å². The van der Waals surface area contributed by atoms with Crippen molar-refractivity contribution in [3.05, 3.63) is 12.2 Å². The maximum absolute atomic E-state index is 12.3. The van der Waals surface area contributed by atoms with E-state index in [4.69, 9.17) is 0 Å². The molecule has 4 nitrogen and oxygen atoms in total. The number of nitrogens with zero attached hydrogens (tertiary/aromatic N) is 3. The molecule has 0 saturated carbocycles. The van der Waals surface area contributed by atoms with Crippen LogP contribution in [0.1, 0.15) is 39.4 Å². The first-order valence-electron chi connectivity index (χ1n) is 6.98. The van der Waals surface area contributed by atoms with Crippen LogP contribution in [-0.2, 0) is 13.0 Å². The fourth-order valence-electron chi connectivity index (χ4n) is 2.07. The smallest absolute Gasteiger partial charge is 0.314 e. The number of rotatable bonds is 8. The van der Waals surface area contributed by atoms with E-state index in [2.05, 4.69) is 29.2 Å². The molecular formula is C13H23F3N4. The van der Waals surface area contributed by atoms with Gasteiger partial charge in [-0.15, -0.1) is 0 Å². The minimum absolute atomic E-state index is 0.0614.